The molecule has 6 heteroatoms. The van der Waals surface area contributed by atoms with Gasteiger partial charge in [-0.25, -0.2) is 0 Å². The topological polar surface area (TPSA) is 66.0 Å². The molecule has 2 aromatic carbocycles. The zero-order chi connectivity index (χ0) is 21.2. The van der Waals surface area contributed by atoms with Crippen molar-refractivity contribution in [3.8, 4) is 5.75 Å². The third-order valence-corrected chi connectivity index (χ3v) is 5.10. The van der Waals surface area contributed by atoms with Crippen LogP contribution >= 0.6 is 0 Å². The van der Waals surface area contributed by atoms with E-state index in [2.05, 4.69) is 34.3 Å². The van der Waals surface area contributed by atoms with Crippen LogP contribution in [0.25, 0.3) is 0 Å². The number of hydrogen-bond donors (Lipinski definition) is 2. The summed E-state index contributed by atoms with van der Waals surface area (Å²) in [6, 6.07) is 16.2. The minimum atomic E-state index is 0.243. The van der Waals surface area contributed by atoms with Crippen molar-refractivity contribution in [2.45, 2.75) is 32.5 Å². The molecular formula is C24H30N4O2. The molecule has 1 amide bonds. The number of aliphatic imine (C=N–C) groups is 1. The Kier molecular flexibility index (Phi) is 7.89. The molecule has 1 heterocycles. The number of para-hydroxylation sites is 1. The van der Waals surface area contributed by atoms with E-state index in [0.717, 1.165) is 29.8 Å². The summed E-state index contributed by atoms with van der Waals surface area (Å²) in [6.07, 6.45) is 3.35. The van der Waals surface area contributed by atoms with Gasteiger partial charge in [-0.05, 0) is 23.6 Å². The minimum Gasteiger partial charge on any atom is -0.489 e. The number of rotatable bonds is 9. The van der Waals surface area contributed by atoms with Crippen molar-refractivity contribution in [2.24, 2.45) is 4.99 Å². The third kappa shape index (κ3) is 5.86. The fourth-order valence-electron chi connectivity index (χ4n) is 3.48. The van der Waals surface area contributed by atoms with Crippen molar-refractivity contribution in [1.82, 2.24) is 15.5 Å². The van der Waals surface area contributed by atoms with Gasteiger partial charge < -0.3 is 20.3 Å². The molecular weight excluding hydrogens is 376 g/mol. The SMILES string of the molecule is C=CCOc1ccccc1CNC(=NC)NCc1ccccc1CN1CCCC1=O. The molecule has 6 nitrogen and oxygen atoms in total. The highest BCUT2D eigenvalue weighted by Gasteiger charge is 2.20. The second-order valence-corrected chi connectivity index (χ2v) is 7.17. The van der Waals surface area contributed by atoms with Crippen molar-refractivity contribution >= 4 is 11.9 Å². The van der Waals surface area contributed by atoms with E-state index in [9.17, 15) is 4.79 Å². The zero-order valence-corrected chi connectivity index (χ0v) is 17.6. The number of hydrogen-bond acceptors (Lipinski definition) is 3. The molecule has 0 spiro atoms. The fraction of sp³-hybridized carbons (Fsp3) is 0.333. The molecule has 0 unspecified atom stereocenters. The van der Waals surface area contributed by atoms with Crippen LogP contribution in [0.1, 0.15) is 29.5 Å². The Hall–Kier alpha value is -3.28. The fourth-order valence-corrected chi connectivity index (χ4v) is 3.48. The van der Waals surface area contributed by atoms with E-state index in [-0.39, 0.29) is 5.91 Å². The molecule has 0 aromatic heterocycles. The van der Waals surface area contributed by atoms with Crippen molar-refractivity contribution in [2.75, 3.05) is 20.2 Å². The molecule has 1 aliphatic heterocycles. The molecule has 1 fully saturated rings. The van der Waals surface area contributed by atoms with Crippen LogP contribution in [0.4, 0.5) is 0 Å². The van der Waals surface area contributed by atoms with Gasteiger partial charge in [0, 0.05) is 45.2 Å². The normalized spacial score (nSPS) is 14.0. The summed E-state index contributed by atoms with van der Waals surface area (Å²) in [7, 11) is 1.75. The first-order chi connectivity index (χ1) is 14.7. The average Bonchev–Trinajstić information content (AvgIpc) is 3.18. The largest absolute Gasteiger partial charge is 0.489 e. The summed E-state index contributed by atoms with van der Waals surface area (Å²) < 4.78 is 5.72. The quantitative estimate of drug-likeness (QED) is 0.381. The number of benzene rings is 2. The Bertz CT molecular complexity index is 894. The monoisotopic (exact) mass is 406 g/mol. The first kappa shape index (κ1) is 21.4. The molecule has 30 heavy (non-hydrogen) atoms. The standard InChI is InChI=1S/C24H30N4O2/c1-3-15-30-22-12-7-6-10-20(22)17-27-24(25-2)26-16-19-9-4-5-11-21(19)18-28-14-8-13-23(28)29/h3-7,9-12H,1,8,13-18H2,2H3,(H2,25,26,27). The van der Waals surface area contributed by atoms with E-state index in [1.807, 2.05) is 41.3 Å². The molecule has 2 N–H and O–H groups in total. The lowest BCUT2D eigenvalue weighted by molar-refractivity contribution is -0.128. The van der Waals surface area contributed by atoms with Gasteiger partial charge in [0.25, 0.3) is 0 Å². The van der Waals surface area contributed by atoms with Gasteiger partial charge >= 0.3 is 0 Å². The smallest absolute Gasteiger partial charge is 0.222 e. The van der Waals surface area contributed by atoms with E-state index >= 15 is 0 Å². The van der Waals surface area contributed by atoms with Crippen LogP contribution in [-0.2, 0) is 24.4 Å². The highest BCUT2D eigenvalue weighted by atomic mass is 16.5. The summed E-state index contributed by atoms with van der Waals surface area (Å²) in [6.45, 7) is 6.90. The second-order valence-electron chi connectivity index (χ2n) is 7.17. The lowest BCUT2D eigenvalue weighted by Gasteiger charge is -2.19. The molecule has 0 atom stereocenters. The van der Waals surface area contributed by atoms with Gasteiger partial charge in [0.15, 0.2) is 5.96 Å². The van der Waals surface area contributed by atoms with E-state index < -0.39 is 0 Å². The highest BCUT2D eigenvalue weighted by Crippen LogP contribution is 2.18. The Morgan fingerprint density at radius 3 is 2.43 bits per heavy atom. The summed E-state index contributed by atoms with van der Waals surface area (Å²) in [5, 5.41) is 6.71. The van der Waals surface area contributed by atoms with Crippen molar-refractivity contribution in [3.05, 3.63) is 77.9 Å². The molecule has 158 valence electrons. The van der Waals surface area contributed by atoms with Crippen LogP contribution in [0.3, 0.4) is 0 Å². The summed E-state index contributed by atoms with van der Waals surface area (Å²) in [4.78, 5) is 18.2. The van der Waals surface area contributed by atoms with Gasteiger partial charge in [0.1, 0.15) is 12.4 Å². The first-order valence-electron chi connectivity index (χ1n) is 10.3. The van der Waals surface area contributed by atoms with Gasteiger partial charge in [0.05, 0.1) is 0 Å². The number of nitrogens with zero attached hydrogens (tertiary/aromatic N) is 2. The van der Waals surface area contributed by atoms with Crippen LogP contribution < -0.4 is 15.4 Å². The molecule has 1 saturated heterocycles. The summed E-state index contributed by atoms with van der Waals surface area (Å²) in [5.41, 5.74) is 3.38. The summed E-state index contributed by atoms with van der Waals surface area (Å²) in [5.74, 6) is 1.79. The predicted octanol–water partition coefficient (Wildman–Crippen LogP) is 3.24. The summed E-state index contributed by atoms with van der Waals surface area (Å²) >= 11 is 0. The first-order valence-corrected chi connectivity index (χ1v) is 10.3. The van der Waals surface area contributed by atoms with E-state index in [1.165, 1.54) is 5.56 Å². The molecule has 0 bridgehead atoms. The number of ether oxygens (including phenoxy) is 1. The van der Waals surface area contributed by atoms with Crippen LogP contribution in [0, 0.1) is 0 Å². The molecule has 0 saturated carbocycles. The Labute approximate surface area is 178 Å². The Balaban J connectivity index is 1.58. The van der Waals surface area contributed by atoms with Crippen molar-refractivity contribution in [3.63, 3.8) is 0 Å². The van der Waals surface area contributed by atoms with Gasteiger partial charge in [-0.3, -0.25) is 9.79 Å². The predicted molar refractivity (Wildman–Crippen MR) is 120 cm³/mol. The van der Waals surface area contributed by atoms with Crippen LogP contribution in [0.2, 0.25) is 0 Å². The van der Waals surface area contributed by atoms with Gasteiger partial charge in [-0.1, -0.05) is 55.1 Å². The van der Waals surface area contributed by atoms with Crippen molar-refractivity contribution in [1.29, 1.82) is 0 Å². The maximum Gasteiger partial charge on any atom is 0.222 e. The lowest BCUT2D eigenvalue weighted by atomic mass is 10.1. The number of carbonyl (C=O) groups excluding carboxylic acids is 1. The van der Waals surface area contributed by atoms with E-state index in [4.69, 9.17) is 4.74 Å². The number of carbonyl (C=O) groups is 1. The molecule has 0 aliphatic carbocycles. The minimum absolute atomic E-state index is 0.243. The Morgan fingerprint density at radius 2 is 1.77 bits per heavy atom. The Morgan fingerprint density at radius 1 is 1.10 bits per heavy atom. The van der Waals surface area contributed by atoms with Gasteiger partial charge in [-0.2, -0.15) is 0 Å². The van der Waals surface area contributed by atoms with Crippen LogP contribution in [-0.4, -0.2) is 37.0 Å². The molecule has 3 rings (SSSR count). The van der Waals surface area contributed by atoms with Gasteiger partial charge in [-0.15, -0.1) is 0 Å². The van der Waals surface area contributed by atoms with E-state index in [1.54, 1.807) is 13.1 Å². The maximum absolute atomic E-state index is 12.0. The number of guanidine groups is 1. The van der Waals surface area contributed by atoms with Crippen molar-refractivity contribution < 1.29 is 9.53 Å². The second kappa shape index (κ2) is 11.0. The number of likely N-dealkylation sites (tertiary alicyclic amines) is 1. The molecule has 0 radical (unpaired) electrons. The van der Waals surface area contributed by atoms with E-state index in [0.29, 0.717) is 38.6 Å². The van der Waals surface area contributed by atoms with Gasteiger partial charge in [0.2, 0.25) is 5.91 Å². The zero-order valence-electron chi connectivity index (χ0n) is 17.6. The highest BCUT2D eigenvalue weighted by molar-refractivity contribution is 5.80. The lowest BCUT2D eigenvalue weighted by Crippen LogP contribution is -2.36. The number of nitrogens with one attached hydrogen (secondary N) is 2. The molecule has 2 aromatic rings. The third-order valence-electron chi connectivity index (χ3n) is 5.10. The molecule has 1 aliphatic rings. The maximum atomic E-state index is 12.0. The van der Waals surface area contributed by atoms with Crippen LogP contribution in [0.15, 0.2) is 66.2 Å². The van der Waals surface area contributed by atoms with Crippen LogP contribution in [0.5, 0.6) is 5.75 Å². The number of amides is 1. The average molecular weight is 407 g/mol.